The van der Waals surface area contributed by atoms with E-state index < -0.39 is 23.2 Å². The summed E-state index contributed by atoms with van der Waals surface area (Å²) in [5, 5.41) is 11.4. The van der Waals surface area contributed by atoms with Crippen molar-refractivity contribution in [3.63, 3.8) is 0 Å². The summed E-state index contributed by atoms with van der Waals surface area (Å²) in [6.07, 6.45) is -4.65. The molecule has 0 aliphatic rings. The van der Waals surface area contributed by atoms with Crippen molar-refractivity contribution in [3.8, 4) is 5.75 Å². The molecular formula is C14H8Cl2F3NO2. The molecule has 2 aromatic carbocycles. The van der Waals surface area contributed by atoms with Gasteiger partial charge in [-0.3, -0.25) is 4.79 Å². The number of hydrogen-bond donors (Lipinski definition) is 2. The molecule has 2 N–H and O–H groups in total. The van der Waals surface area contributed by atoms with Gasteiger partial charge < -0.3 is 10.4 Å². The van der Waals surface area contributed by atoms with E-state index in [1.165, 1.54) is 24.3 Å². The van der Waals surface area contributed by atoms with Gasteiger partial charge in [0.25, 0.3) is 5.91 Å². The van der Waals surface area contributed by atoms with Crippen LogP contribution in [-0.4, -0.2) is 11.0 Å². The molecular weight excluding hydrogens is 342 g/mol. The Balaban J connectivity index is 2.35. The van der Waals surface area contributed by atoms with Crippen LogP contribution in [0.25, 0.3) is 0 Å². The highest BCUT2D eigenvalue weighted by Gasteiger charge is 2.34. The molecule has 2 rings (SSSR count). The molecule has 0 unspecified atom stereocenters. The van der Waals surface area contributed by atoms with E-state index in [4.69, 9.17) is 23.2 Å². The number of phenolic OH excluding ortho intramolecular Hbond substituents is 1. The number of amides is 1. The molecule has 0 aliphatic heterocycles. The van der Waals surface area contributed by atoms with E-state index in [1.54, 1.807) is 0 Å². The number of nitrogens with one attached hydrogen (secondary N) is 1. The van der Waals surface area contributed by atoms with Crippen molar-refractivity contribution in [1.29, 1.82) is 0 Å². The first-order valence-corrected chi connectivity index (χ1v) is 6.61. The van der Waals surface area contributed by atoms with E-state index in [0.717, 1.165) is 12.1 Å². The molecule has 116 valence electrons. The third-order valence-corrected chi connectivity index (χ3v) is 3.33. The van der Waals surface area contributed by atoms with Gasteiger partial charge in [0.1, 0.15) is 0 Å². The predicted octanol–water partition coefficient (Wildman–Crippen LogP) is 4.97. The molecule has 0 saturated heterocycles. The fraction of sp³-hybridized carbons (Fsp3) is 0.0714. The van der Waals surface area contributed by atoms with Gasteiger partial charge >= 0.3 is 6.18 Å². The molecule has 0 bridgehead atoms. The number of anilines is 1. The topological polar surface area (TPSA) is 49.3 Å². The maximum atomic E-state index is 12.9. The monoisotopic (exact) mass is 349 g/mol. The summed E-state index contributed by atoms with van der Waals surface area (Å²) in [4.78, 5) is 12.0. The van der Waals surface area contributed by atoms with Crippen LogP contribution in [0.4, 0.5) is 18.9 Å². The van der Waals surface area contributed by atoms with Gasteiger partial charge in [-0.1, -0.05) is 35.3 Å². The lowest BCUT2D eigenvalue weighted by molar-refractivity contribution is -0.137. The molecule has 8 heteroatoms. The van der Waals surface area contributed by atoms with Gasteiger partial charge in [-0.2, -0.15) is 13.2 Å². The van der Waals surface area contributed by atoms with E-state index in [0.29, 0.717) is 0 Å². The smallest absolute Gasteiger partial charge is 0.417 e. The summed E-state index contributed by atoms with van der Waals surface area (Å²) in [6, 6.07) is 6.73. The lowest BCUT2D eigenvalue weighted by Gasteiger charge is -2.13. The Morgan fingerprint density at radius 2 is 1.64 bits per heavy atom. The summed E-state index contributed by atoms with van der Waals surface area (Å²) < 4.78 is 38.6. The molecule has 0 aliphatic carbocycles. The quantitative estimate of drug-likeness (QED) is 0.752. The maximum Gasteiger partial charge on any atom is 0.417 e. The number of aromatic hydroxyl groups is 1. The van der Waals surface area contributed by atoms with E-state index in [2.05, 4.69) is 5.32 Å². The van der Waals surface area contributed by atoms with Gasteiger partial charge in [0, 0.05) is 5.69 Å². The van der Waals surface area contributed by atoms with Crippen molar-refractivity contribution < 1.29 is 23.1 Å². The number of phenols is 1. The van der Waals surface area contributed by atoms with Crippen molar-refractivity contribution in [1.82, 2.24) is 0 Å². The number of alkyl halides is 3. The van der Waals surface area contributed by atoms with Crippen molar-refractivity contribution in [2.45, 2.75) is 6.18 Å². The van der Waals surface area contributed by atoms with Crippen LogP contribution >= 0.6 is 23.2 Å². The van der Waals surface area contributed by atoms with Gasteiger partial charge in [0.15, 0.2) is 5.75 Å². The molecule has 3 nitrogen and oxygen atoms in total. The zero-order valence-corrected chi connectivity index (χ0v) is 12.2. The predicted molar refractivity (Wildman–Crippen MR) is 77.5 cm³/mol. The number of rotatable bonds is 2. The Labute approximate surface area is 133 Å². The van der Waals surface area contributed by atoms with Crippen molar-refractivity contribution in [2.75, 3.05) is 5.32 Å². The molecule has 22 heavy (non-hydrogen) atoms. The van der Waals surface area contributed by atoms with Crippen molar-refractivity contribution in [2.24, 2.45) is 0 Å². The van der Waals surface area contributed by atoms with Crippen LogP contribution in [0.3, 0.4) is 0 Å². The van der Waals surface area contributed by atoms with Gasteiger partial charge in [-0.25, -0.2) is 0 Å². The van der Waals surface area contributed by atoms with E-state index in [9.17, 15) is 23.1 Å². The third-order valence-electron chi connectivity index (χ3n) is 2.75. The highest BCUT2D eigenvalue weighted by Crippen LogP contribution is 2.35. The molecule has 1 amide bonds. The van der Waals surface area contributed by atoms with Crippen LogP contribution in [0, 0.1) is 0 Å². The standard InChI is InChI=1S/C14H8Cl2F3NO2/c15-10-5-7(6-11(16)12(10)21)20-13(22)8-3-1-2-4-9(8)14(17,18)19/h1-6,21H,(H,20,22). The Morgan fingerprint density at radius 3 is 2.18 bits per heavy atom. The van der Waals surface area contributed by atoms with Crippen molar-refractivity contribution in [3.05, 3.63) is 57.6 Å². The second-order valence-electron chi connectivity index (χ2n) is 4.29. The van der Waals surface area contributed by atoms with Crippen LogP contribution < -0.4 is 5.32 Å². The van der Waals surface area contributed by atoms with E-state index in [1.807, 2.05) is 0 Å². The Kier molecular flexibility index (Phi) is 4.53. The minimum absolute atomic E-state index is 0.0646. The fourth-order valence-corrected chi connectivity index (χ4v) is 2.25. The molecule has 0 radical (unpaired) electrons. The summed E-state index contributed by atoms with van der Waals surface area (Å²) in [7, 11) is 0. The number of carbonyl (C=O) groups excluding carboxylic acids is 1. The van der Waals surface area contributed by atoms with E-state index in [-0.39, 0.29) is 21.5 Å². The fourth-order valence-electron chi connectivity index (χ4n) is 1.76. The number of hydrogen-bond acceptors (Lipinski definition) is 2. The first-order valence-electron chi connectivity index (χ1n) is 5.85. The minimum atomic E-state index is -4.65. The summed E-state index contributed by atoms with van der Waals surface area (Å²) in [6.45, 7) is 0. The normalized spacial score (nSPS) is 11.3. The van der Waals surface area contributed by atoms with Gasteiger partial charge in [0.2, 0.25) is 0 Å². The van der Waals surface area contributed by atoms with Crippen molar-refractivity contribution >= 4 is 34.8 Å². The molecule has 0 fully saturated rings. The zero-order valence-electron chi connectivity index (χ0n) is 10.7. The van der Waals surface area contributed by atoms with Crippen LogP contribution in [0.5, 0.6) is 5.75 Å². The SMILES string of the molecule is O=C(Nc1cc(Cl)c(O)c(Cl)c1)c1ccccc1C(F)(F)F. The minimum Gasteiger partial charge on any atom is -0.505 e. The largest absolute Gasteiger partial charge is 0.505 e. The maximum absolute atomic E-state index is 12.9. The molecule has 0 saturated carbocycles. The van der Waals surface area contributed by atoms with Crippen LogP contribution in [0.1, 0.15) is 15.9 Å². The first kappa shape index (κ1) is 16.5. The highest BCUT2D eigenvalue weighted by molar-refractivity contribution is 6.37. The summed E-state index contributed by atoms with van der Waals surface area (Å²) >= 11 is 11.4. The Bertz CT molecular complexity index is 709. The third kappa shape index (κ3) is 3.45. The first-order chi connectivity index (χ1) is 10.2. The Morgan fingerprint density at radius 1 is 1.09 bits per heavy atom. The van der Waals surface area contributed by atoms with Crippen LogP contribution in [0.15, 0.2) is 36.4 Å². The second kappa shape index (κ2) is 6.06. The van der Waals surface area contributed by atoms with E-state index >= 15 is 0 Å². The second-order valence-corrected chi connectivity index (χ2v) is 5.10. The number of benzene rings is 2. The van der Waals surface area contributed by atoms with Gasteiger partial charge in [0.05, 0.1) is 21.2 Å². The molecule has 0 heterocycles. The zero-order chi connectivity index (χ0) is 16.5. The Hall–Kier alpha value is -1.92. The summed E-state index contributed by atoms with van der Waals surface area (Å²) in [5.74, 6) is -1.34. The highest BCUT2D eigenvalue weighted by atomic mass is 35.5. The molecule has 0 spiro atoms. The lowest BCUT2D eigenvalue weighted by Crippen LogP contribution is -2.18. The average molecular weight is 350 g/mol. The van der Waals surface area contributed by atoms with Gasteiger partial charge in [-0.15, -0.1) is 0 Å². The summed E-state index contributed by atoms with van der Waals surface area (Å²) in [5.41, 5.74) is -1.52. The van der Waals surface area contributed by atoms with Gasteiger partial charge in [-0.05, 0) is 24.3 Å². The lowest BCUT2D eigenvalue weighted by atomic mass is 10.1. The number of halogens is 5. The molecule has 0 aromatic heterocycles. The van der Waals surface area contributed by atoms with Crippen LogP contribution in [-0.2, 0) is 6.18 Å². The molecule has 0 atom stereocenters. The molecule has 2 aromatic rings. The average Bonchev–Trinajstić information content (AvgIpc) is 2.43. The number of carbonyl (C=O) groups is 1. The van der Waals surface area contributed by atoms with Crippen LogP contribution in [0.2, 0.25) is 10.0 Å².